The molecule has 5 nitrogen and oxygen atoms in total. The number of carbonyl (C=O) groups excluding carboxylic acids is 2. The minimum atomic E-state index is -0.573. The van der Waals surface area contributed by atoms with E-state index in [2.05, 4.69) is 17.0 Å². The molecule has 0 aromatic heterocycles. The van der Waals surface area contributed by atoms with E-state index in [0.29, 0.717) is 11.9 Å². The van der Waals surface area contributed by atoms with Gasteiger partial charge in [-0.25, -0.2) is 4.79 Å². The molecule has 18 heavy (non-hydrogen) atoms. The van der Waals surface area contributed by atoms with Crippen LogP contribution in [-0.2, 0) is 19.1 Å². The van der Waals surface area contributed by atoms with Crippen molar-refractivity contribution in [2.45, 2.75) is 44.9 Å². The quantitative estimate of drug-likeness (QED) is 0.732. The Balaban J connectivity index is 2.28. The summed E-state index contributed by atoms with van der Waals surface area (Å²) in [5.41, 5.74) is 0. The second kappa shape index (κ2) is 7.63. The van der Waals surface area contributed by atoms with Gasteiger partial charge in [-0.15, -0.1) is 0 Å². The Morgan fingerprint density at radius 1 is 1.50 bits per heavy atom. The second-order valence-corrected chi connectivity index (χ2v) is 5.53. The number of ether oxygens (including phenoxy) is 2. The first-order valence-corrected chi connectivity index (χ1v) is 7.26. The summed E-state index contributed by atoms with van der Waals surface area (Å²) >= 11 is 1.61. The van der Waals surface area contributed by atoms with Crippen molar-refractivity contribution < 1.29 is 19.1 Å². The van der Waals surface area contributed by atoms with Gasteiger partial charge in [-0.05, 0) is 19.8 Å². The Kier molecular flexibility index (Phi) is 6.49. The minimum Gasteiger partial charge on any atom is -0.467 e. The molecule has 0 spiro atoms. The summed E-state index contributed by atoms with van der Waals surface area (Å²) in [4.78, 5) is 22.4. The molecule has 1 amide bonds. The van der Waals surface area contributed by atoms with Gasteiger partial charge in [0.05, 0.1) is 19.3 Å². The monoisotopic (exact) mass is 275 g/mol. The average Bonchev–Trinajstić information content (AvgIpc) is 2.72. The van der Waals surface area contributed by atoms with Crippen molar-refractivity contribution in [3.8, 4) is 0 Å². The van der Waals surface area contributed by atoms with Gasteiger partial charge in [-0.3, -0.25) is 4.79 Å². The lowest BCUT2D eigenvalue weighted by atomic mass is 10.2. The largest absolute Gasteiger partial charge is 0.467 e. The van der Waals surface area contributed by atoms with Gasteiger partial charge in [-0.1, -0.05) is 0 Å². The highest BCUT2D eigenvalue weighted by molar-refractivity contribution is 7.99. The first-order chi connectivity index (χ1) is 8.52. The molecule has 3 atom stereocenters. The molecule has 6 heteroatoms. The number of hydrogen-bond acceptors (Lipinski definition) is 5. The Morgan fingerprint density at radius 2 is 2.22 bits per heavy atom. The molecule has 0 aliphatic carbocycles. The molecule has 1 saturated heterocycles. The first kappa shape index (κ1) is 15.3. The molecule has 0 saturated carbocycles. The van der Waals surface area contributed by atoms with Gasteiger partial charge < -0.3 is 14.8 Å². The number of nitrogens with one attached hydrogen (secondary N) is 1. The van der Waals surface area contributed by atoms with Crippen LogP contribution in [0, 0.1) is 0 Å². The van der Waals surface area contributed by atoms with Crippen LogP contribution < -0.4 is 5.32 Å². The third-order valence-corrected chi connectivity index (χ3v) is 3.95. The molecule has 0 aromatic carbocycles. The van der Waals surface area contributed by atoms with Gasteiger partial charge in [0.15, 0.2) is 0 Å². The number of rotatable bonds is 6. The summed E-state index contributed by atoms with van der Waals surface area (Å²) < 4.78 is 10.3. The normalized spacial score (nSPS) is 24.6. The zero-order valence-electron chi connectivity index (χ0n) is 11.1. The molecule has 1 aliphatic rings. The van der Waals surface area contributed by atoms with Crippen LogP contribution >= 0.6 is 11.8 Å². The lowest BCUT2D eigenvalue weighted by Gasteiger charge is -2.16. The average molecular weight is 275 g/mol. The van der Waals surface area contributed by atoms with E-state index in [-0.39, 0.29) is 12.0 Å². The predicted octanol–water partition coefficient (Wildman–Crippen LogP) is 0.965. The van der Waals surface area contributed by atoms with E-state index in [1.54, 1.807) is 11.8 Å². The SMILES string of the molecule is COC(=O)[C@H](CSC[C@H]1CC[C@H](C)O1)NC(C)=O. The van der Waals surface area contributed by atoms with E-state index in [4.69, 9.17) is 4.74 Å². The van der Waals surface area contributed by atoms with Gasteiger partial charge in [0.25, 0.3) is 0 Å². The van der Waals surface area contributed by atoms with Gasteiger partial charge in [-0.2, -0.15) is 11.8 Å². The van der Waals surface area contributed by atoms with Crippen LogP contribution in [0.5, 0.6) is 0 Å². The number of hydrogen-bond donors (Lipinski definition) is 1. The van der Waals surface area contributed by atoms with Gasteiger partial charge >= 0.3 is 5.97 Å². The molecule has 0 unspecified atom stereocenters. The van der Waals surface area contributed by atoms with E-state index >= 15 is 0 Å². The van der Waals surface area contributed by atoms with Crippen molar-refractivity contribution in [2.75, 3.05) is 18.6 Å². The third-order valence-electron chi connectivity index (χ3n) is 2.77. The van der Waals surface area contributed by atoms with Crippen LogP contribution in [0.1, 0.15) is 26.7 Å². The van der Waals surface area contributed by atoms with E-state index in [9.17, 15) is 9.59 Å². The van der Waals surface area contributed by atoms with Crippen molar-refractivity contribution in [1.82, 2.24) is 5.32 Å². The van der Waals surface area contributed by atoms with Gasteiger partial charge in [0.1, 0.15) is 6.04 Å². The van der Waals surface area contributed by atoms with Crippen LogP contribution in [0.3, 0.4) is 0 Å². The smallest absolute Gasteiger partial charge is 0.329 e. The number of amides is 1. The van der Waals surface area contributed by atoms with Crippen molar-refractivity contribution in [3.05, 3.63) is 0 Å². The zero-order valence-corrected chi connectivity index (χ0v) is 11.9. The number of esters is 1. The minimum absolute atomic E-state index is 0.225. The van der Waals surface area contributed by atoms with Crippen LogP contribution in [0.15, 0.2) is 0 Å². The van der Waals surface area contributed by atoms with Crippen molar-refractivity contribution in [3.63, 3.8) is 0 Å². The van der Waals surface area contributed by atoms with Crippen LogP contribution in [0.25, 0.3) is 0 Å². The fraction of sp³-hybridized carbons (Fsp3) is 0.833. The maximum absolute atomic E-state index is 11.4. The molecular formula is C12H21NO4S. The summed E-state index contributed by atoms with van der Waals surface area (Å²) in [5.74, 6) is 0.730. The molecular weight excluding hydrogens is 254 g/mol. The highest BCUT2D eigenvalue weighted by atomic mass is 32.2. The third kappa shape index (κ3) is 5.27. The topological polar surface area (TPSA) is 64.6 Å². The highest BCUT2D eigenvalue weighted by Crippen LogP contribution is 2.22. The Morgan fingerprint density at radius 3 is 2.72 bits per heavy atom. The Hall–Kier alpha value is -0.750. The summed E-state index contributed by atoms with van der Waals surface area (Å²) in [6.07, 6.45) is 2.76. The first-order valence-electron chi connectivity index (χ1n) is 6.11. The summed E-state index contributed by atoms with van der Waals surface area (Å²) in [5, 5.41) is 2.59. The fourth-order valence-corrected chi connectivity index (χ4v) is 2.98. The molecule has 0 radical (unpaired) electrons. The zero-order chi connectivity index (χ0) is 13.5. The Labute approximate surface area is 112 Å². The molecule has 104 valence electrons. The number of methoxy groups -OCH3 is 1. The number of thioether (sulfide) groups is 1. The lowest BCUT2D eigenvalue weighted by Crippen LogP contribution is -2.42. The molecule has 0 bridgehead atoms. The summed E-state index contributed by atoms with van der Waals surface area (Å²) in [6, 6.07) is -0.573. The molecule has 1 rings (SSSR count). The van der Waals surface area contributed by atoms with Crippen LogP contribution in [-0.4, -0.2) is 48.7 Å². The molecule has 1 N–H and O–H groups in total. The maximum Gasteiger partial charge on any atom is 0.329 e. The predicted molar refractivity (Wildman–Crippen MR) is 70.5 cm³/mol. The number of carbonyl (C=O) groups is 2. The standard InChI is InChI=1S/C12H21NO4S/c1-8-4-5-10(17-8)6-18-7-11(12(15)16-3)13-9(2)14/h8,10-11H,4-7H2,1-3H3,(H,13,14)/t8-,10+,11-/m0/s1. The van der Waals surface area contributed by atoms with E-state index < -0.39 is 12.0 Å². The van der Waals surface area contributed by atoms with Gasteiger partial charge in [0, 0.05) is 18.4 Å². The highest BCUT2D eigenvalue weighted by Gasteiger charge is 2.24. The summed E-state index contributed by atoms with van der Waals surface area (Å²) in [6.45, 7) is 3.46. The fourth-order valence-electron chi connectivity index (χ4n) is 1.88. The van der Waals surface area contributed by atoms with E-state index in [1.165, 1.54) is 14.0 Å². The van der Waals surface area contributed by atoms with Crippen molar-refractivity contribution in [2.24, 2.45) is 0 Å². The molecule has 0 aromatic rings. The molecule has 1 fully saturated rings. The maximum atomic E-state index is 11.4. The van der Waals surface area contributed by atoms with Crippen molar-refractivity contribution in [1.29, 1.82) is 0 Å². The molecule has 1 aliphatic heterocycles. The summed E-state index contributed by atoms with van der Waals surface area (Å²) in [7, 11) is 1.32. The van der Waals surface area contributed by atoms with Crippen molar-refractivity contribution >= 4 is 23.6 Å². The van der Waals surface area contributed by atoms with E-state index in [1.807, 2.05) is 0 Å². The van der Waals surface area contributed by atoms with Gasteiger partial charge in [0.2, 0.25) is 5.91 Å². The Bertz CT molecular complexity index is 298. The lowest BCUT2D eigenvalue weighted by molar-refractivity contribution is -0.144. The van der Waals surface area contributed by atoms with Crippen LogP contribution in [0.4, 0.5) is 0 Å². The van der Waals surface area contributed by atoms with E-state index in [0.717, 1.165) is 18.6 Å². The second-order valence-electron chi connectivity index (χ2n) is 4.46. The molecule has 1 heterocycles. The van der Waals surface area contributed by atoms with Crippen LogP contribution in [0.2, 0.25) is 0 Å².